The summed E-state index contributed by atoms with van der Waals surface area (Å²) in [6.45, 7) is 5.25. The van der Waals surface area contributed by atoms with Gasteiger partial charge in [-0.1, -0.05) is 13.8 Å². The molecule has 0 heterocycles. The van der Waals surface area contributed by atoms with Gasteiger partial charge >= 0.3 is 0 Å². The number of hydrogen-bond donors (Lipinski definition) is 0. The topological polar surface area (TPSA) is 27.7 Å². The average molecular weight is 234 g/mol. The van der Waals surface area contributed by atoms with Gasteiger partial charge in [-0.05, 0) is 18.8 Å². The normalized spacial score (nSPS) is 12.6. The van der Waals surface area contributed by atoms with Gasteiger partial charge in [-0.3, -0.25) is 0 Å². The van der Waals surface area contributed by atoms with Crippen LogP contribution in [-0.4, -0.2) is 37.1 Å². The molecule has 92 valence electrons. The van der Waals surface area contributed by atoms with Crippen LogP contribution in [0.4, 0.5) is 0 Å². The van der Waals surface area contributed by atoms with Gasteiger partial charge in [0.1, 0.15) is 10.5 Å². The van der Waals surface area contributed by atoms with Gasteiger partial charge in [0.2, 0.25) is 0 Å². The molecule has 3 nitrogen and oxygen atoms in total. The van der Waals surface area contributed by atoms with E-state index >= 15 is 0 Å². The lowest BCUT2D eigenvalue weighted by molar-refractivity contribution is -0.220. The van der Waals surface area contributed by atoms with Crippen LogP contribution < -0.4 is 0 Å². The Kier molecular flexibility index (Phi) is 8.33. The van der Waals surface area contributed by atoms with Crippen LogP contribution in [0.5, 0.6) is 0 Å². The zero-order chi connectivity index (χ0) is 11.7. The summed E-state index contributed by atoms with van der Waals surface area (Å²) in [6.07, 6.45) is 4.08. The van der Waals surface area contributed by atoms with E-state index in [1.165, 1.54) is 0 Å². The summed E-state index contributed by atoms with van der Waals surface area (Å²) in [7, 11) is 4.30. The highest BCUT2D eigenvalue weighted by Gasteiger charge is 2.29. The third-order valence-corrected chi connectivity index (χ3v) is 3.03. The molecule has 0 aliphatic rings. The molecule has 0 unspecified atom stereocenters. The Balaban J connectivity index is 4.00. The van der Waals surface area contributed by atoms with E-state index in [1.807, 2.05) is 0 Å². The van der Waals surface area contributed by atoms with Crippen LogP contribution in [0.2, 0.25) is 0 Å². The number of rotatable bonds is 9. The van der Waals surface area contributed by atoms with E-state index in [0.717, 1.165) is 42.8 Å². The fourth-order valence-corrected chi connectivity index (χ4v) is 2.11. The molecule has 0 aromatic rings. The minimum absolute atomic E-state index is 0.390. The van der Waals surface area contributed by atoms with Crippen molar-refractivity contribution in [3.05, 3.63) is 0 Å². The van der Waals surface area contributed by atoms with Crippen LogP contribution in [0.15, 0.2) is 0 Å². The fraction of sp³-hybridized carbons (Fsp3) is 1.00. The smallest absolute Gasteiger partial charge is 0.167 e. The molecule has 0 saturated carbocycles. The van der Waals surface area contributed by atoms with Crippen molar-refractivity contribution in [2.45, 2.75) is 45.3 Å². The summed E-state index contributed by atoms with van der Waals surface area (Å²) in [5, 5.41) is 0. The molecule has 0 spiro atoms. The predicted octanol–water partition coefficient (Wildman–Crippen LogP) is 1.49. The predicted molar refractivity (Wildman–Crippen MR) is 65.9 cm³/mol. The van der Waals surface area contributed by atoms with Gasteiger partial charge in [0, 0.05) is 33.7 Å². The average Bonchev–Trinajstić information content (AvgIpc) is 2.22. The SMILES string of the molecule is COC(CCCCO[SiH3])(CC(C)C)OC. The maximum Gasteiger partial charge on any atom is 0.167 e. The number of hydrogen-bond acceptors (Lipinski definition) is 3. The van der Waals surface area contributed by atoms with E-state index < -0.39 is 0 Å². The summed E-state index contributed by atoms with van der Waals surface area (Å²) in [5.74, 6) is 0.194. The van der Waals surface area contributed by atoms with Crippen molar-refractivity contribution in [3.8, 4) is 0 Å². The summed E-state index contributed by atoms with van der Waals surface area (Å²) in [4.78, 5) is 0. The number of unbranched alkanes of at least 4 members (excludes halogenated alkanes) is 1. The zero-order valence-electron chi connectivity index (χ0n) is 10.8. The van der Waals surface area contributed by atoms with Crippen molar-refractivity contribution in [1.82, 2.24) is 0 Å². The Morgan fingerprint density at radius 2 is 1.73 bits per heavy atom. The summed E-state index contributed by atoms with van der Waals surface area (Å²) in [6, 6.07) is 0. The van der Waals surface area contributed by atoms with Crippen molar-refractivity contribution in [1.29, 1.82) is 0 Å². The van der Waals surface area contributed by atoms with E-state index in [1.54, 1.807) is 14.2 Å². The van der Waals surface area contributed by atoms with E-state index in [0.29, 0.717) is 5.92 Å². The maximum absolute atomic E-state index is 5.52. The first-order chi connectivity index (χ1) is 7.10. The summed E-state index contributed by atoms with van der Waals surface area (Å²) >= 11 is 0. The van der Waals surface area contributed by atoms with E-state index in [4.69, 9.17) is 13.9 Å². The van der Waals surface area contributed by atoms with Crippen LogP contribution >= 0.6 is 0 Å². The Bertz CT molecular complexity index is 147. The molecule has 0 fully saturated rings. The molecule has 0 aliphatic carbocycles. The summed E-state index contributed by atoms with van der Waals surface area (Å²) in [5.41, 5.74) is 0. The Morgan fingerprint density at radius 3 is 2.13 bits per heavy atom. The molecule has 0 N–H and O–H groups in total. The quantitative estimate of drug-likeness (QED) is 0.344. The first-order valence-electron chi connectivity index (χ1n) is 5.69. The second kappa shape index (κ2) is 8.27. The number of methoxy groups -OCH3 is 2. The van der Waals surface area contributed by atoms with E-state index in [2.05, 4.69) is 13.8 Å². The van der Waals surface area contributed by atoms with Crippen LogP contribution in [0.25, 0.3) is 0 Å². The van der Waals surface area contributed by atoms with Gasteiger partial charge in [0.05, 0.1) is 0 Å². The van der Waals surface area contributed by atoms with Crippen molar-refractivity contribution < 1.29 is 13.9 Å². The highest BCUT2D eigenvalue weighted by Crippen LogP contribution is 2.27. The molecule has 0 saturated heterocycles. The minimum atomic E-state index is -0.390. The maximum atomic E-state index is 5.52. The highest BCUT2D eigenvalue weighted by atomic mass is 28.2. The fourth-order valence-electron chi connectivity index (χ4n) is 1.82. The monoisotopic (exact) mass is 234 g/mol. The molecular weight excluding hydrogens is 208 g/mol. The molecule has 0 atom stereocenters. The zero-order valence-corrected chi connectivity index (χ0v) is 12.8. The first-order valence-corrected chi connectivity index (χ1v) is 6.51. The van der Waals surface area contributed by atoms with Gasteiger partial charge in [0.25, 0.3) is 0 Å². The van der Waals surface area contributed by atoms with Gasteiger partial charge in [0.15, 0.2) is 5.79 Å². The lowest BCUT2D eigenvalue weighted by Gasteiger charge is -2.32. The van der Waals surface area contributed by atoms with Crippen LogP contribution in [0.3, 0.4) is 0 Å². The third-order valence-electron chi connectivity index (χ3n) is 2.62. The van der Waals surface area contributed by atoms with Gasteiger partial charge in [-0.25, -0.2) is 0 Å². The van der Waals surface area contributed by atoms with Gasteiger partial charge in [-0.15, -0.1) is 0 Å². The van der Waals surface area contributed by atoms with Crippen molar-refractivity contribution in [2.75, 3.05) is 20.8 Å². The van der Waals surface area contributed by atoms with E-state index in [9.17, 15) is 0 Å². The Hall–Kier alpha value is 0.0969. The van der Waals surface area contributed by atoms with Crippen molar-refractivity contribution in [2.24, 2.45) is 5.92 Å². The molecule has 0 bridgehead atoms. The summed E-state index contributed by atoms with van der Waals surface area (Å²) < 4.78 is 16.2. The van der Waals surface area contributed by atoms with Crippen LogP contribution in [-0.2, 0) is 13.9 Å². The van der Waals surface area contributed by atoms with Crippen LogP contribution in [0.1, 0.15) is 39.5 Å². The second-order valence-electron chi connectivity index (χ2n) is 4.37. The molecule has 0 amide bonds. The highest BCUT2D eigenvalue weighted by molar-refractivity contribution is 5.97. The second-order valence-corrected chi connectivity index (χ2v) is 4.94. The van der Waals surface area contributed by atoms with Gasteiger partial charge in [-0.2, -0.15) is 0 Å². The molecule has 0 rings (SSSR count). The number of ether oxygens (including phenoxy) is 2. The first kappa shape index (κ1) is 15.1. The molecular formula is C11H26O3Si. The molecule has 15 heavy (non-hydrogen) atoms. The largest absolute Gasteiger partial charge is 0.428 e. The molecule has 0 aromatic heterocycles. The lowest BCUT2D eigenvalue weighted by atomic mass is 9.97. The van der Waals surface area contributed by atoms with Crippen LogP contribution in [0, 0.1) is 5.92 Å². The lowest BCUT2D eigenvalue weighted by Crippen LogP contribution is -2.35. The molecule has 0 aliphatic heterocycles. The Morgan fingerprint density at radius 1 is 1.13 bits per heavy atom. The van der Waals surface area contributed by atoms with Crippen molar-refractivity contribution in [3.63, 3.8) is 0 Å². The Labute approximate surface area is 97.0 Å². The van der Waals surface area contributed by atoms with E-state index in [-0.39, 0.29) is 5.79 Å². The van der Waals surface area contributed by atoms with Crippen molar-refractivity contribution >= 4 is 10.5 Å². The molecule has 4 heteroatoms. The minimum Gasteiger partial charge on any atom is -0.428 e. The third kappa shape index (κ3) is 6.30. The van der Waals surface area contributed by atoms with Gasteiger partial charge < -0.3 is 13.9 Å². The standard InChI is InChI=1S/C11H26O3Si/c1-10(2)9-11(12-3,13-4)7-5-6-8-14-15/h10H,5-9H2,1-4,15H3. The molecule has 0 radical (unpaired) electrons. The molecule has 0 aromatic carbocycles.